The number of hydrogen-bond acceptors (Lipinski definition) is 2. The molecule has 4 heteroatoms. The van der Waals surface area contributed by atoms with Gasteiger partial charge in [-0.2, -0.15) is 0 Å². The molecule has 1 aromatic carbocycles. The monoisotopic (exact) mass is 221 g/mol. The van der Waals surface area contributed by atoms with E-state index in [1.54, 1.807) is 0 Å². The van der Waals surface area contributed by atoms with E-state index in [9.17, 15) is 0 Å². The molecule has 2 aromatic rings. The van der Waals surface area contributed by atoms with E-state index in [0.717, 1.165) is 18.8 Å². The molecule has 0 N–H and O–H groups in total. The van der Waals surface area contributed by atoms with Crippen LogP contribution in [-0.2, 0) is 13.0 Å². The molecule has 0 amide bonds. The first-order valence-corrected chi connectivity index (χ1v) is 5.24. The van der Waals surface area contributed by atoms with E-state index in [4.69, 9.17) is 11.6 Å². The van der Waals surface area contributed by atoms with Crippen molar-refractivity contribution in [2.75, 3.05) is 0 Å². The molecule has 0 unspecified atom stereocenters. The second-order valence-corrected chi connectivity index (χ2v) is 3.72. The zero-order valence-corrected chi connectivity index (χ0v) is 9.28. The van der Waals surface area contributed by atoms with Gasteiger partial charge in [0, 0.05) is 6.54 Å². The Hall–Kier alpha value is -1.35. The molecule has 0 aliphatic carbocycles. The normalized spacial score (nSPS) is 10.5. The van der Waals surface area contributed by atoms with Gasteiger partial charge in [-0.15, -0.1) is 5.10 Å². The van der Waals surface area contributed by atoms with Crippen molar-refractivity contribution in [3.8, 4) is 0 Å². The number of hydrogen-bond donors (Lipinski definition) is 0. The van der Waals surface area contributed by atoms with Gasteiger partial charge in [0.1, 0.15) is 5.82 Å². The van der Waals surface area contributed by atoms with Gasteiger partial charge in [-0.1, -0.05) is 30.3 Å². The van der Waals surface area contributed by atoms with Crippen LogP contribution in [0.3, 0.4) is 0 Å². The lowest BCUT2D eigenvalue weighted by molar-refractivity contribution is 0.595. The molecule has 0 fully saturated rings. The minimum Gasteiger partial charge on any atom is -0.248 e. The number of rotatable bonds is 3. The zero-order valence-electron chi connectivity index (χ0n) is 8.52. The zero-order chi connectivity index (χ0) is 10.7. The second-order valence-electron chi connectivity index (χ2n) is 3.39. The topological polar surface area (TPSA) is 30.7 Å². The van der Waals surface area contributed by atoms with Gasteiger partial charge >= 0.3 is 0 Å². The molecule has 15 heavy (non-hydrogen) atoms. The minimum absolute atomic E-state index is 0.320. The second kappa shape index (κ2) is 4.45. The van der Waals surface area contributed by atoms with Crippen LogP contribution in [0.5, 0.6) is 0 Å². The molecule has 3 nitrogen and oxygen atoms in total. The number of aryl methyl sites for hydroxylation is 3. The summed E-state index contributed by atoms with van der Waals surface area (Å²) in [5, 5.41) is 4.42. The summed E-state index contributed by atoms with van der Waals surface area (Å²) in [7, 11) is 0. The van der Waals surface area contributed by atoms with Crippen LogP contribution in [0, 0.1) is 6.92 Å². The fraction of sp³-hybridized carbons (Fsp3) is 0.273. The molecule has 0 spiro atoms. The van der Waals surface area contributed by atoms with Gasteiger partial charge in [-0.3, -0.25) is 0 Å². The Morgan fingerprint density at radius 2 is 2.00 bits per heavy atom. The van der Waals surface area contributed by atoms with Crippen molar-refractivity contribution in [3.05, 3.63) is 47.0 Å². The Labute approximate surface area is 93.7 Å². The quantitative estimate of drug-likeness (QED) is 0.797. The van der Waals surface area contributed by atoms with Crippen molar-refractivity contribution in [2.24, 2.45) is 0 Å². The summed E-state index contributed by atoms with van der Waals surface area (Å²) in [6, 6.07) is 10.3. The summed E-state index contributed by atoms with van der Waals surface area (Å²) in [6.45, 7) is 2.72. The predicted octanol–water partition coefficient (Wildman–Crippen LogP) is 2.48. The van der Waals surface area contributed by atoms with Crippen molar-refractivity contribution in [1.82, 2.24) is 14.8 Å². The number of nitrogens with zero attached hydrogens (tertiary/aromatic N) is 3. The van der Waals surface area contributed by atoms with Crippen LogP contribution in [0.1, 0.15) is 11.4 Å². The van der Waals surface area contributed by atoms with Gasteiger partial charge in [0.05, 0.1) is 0 Å². The predicted molar refractivity (Wildman–Crippen MR) is 59.9 cm³/mol. The van der Waals surface area contributed by atoms with E-state index in [0.29, 0.717) is 5.28 Å². The molecule has 0 saturated heterocycles. The molecule has 1 heterocycles. The molecule has 0 aliphatic heterocycles. The molecule has 0 bridgehead atoms. The first kappa shape index (κ1) is 10.2. The maximum absolute atomic E-state index is 5.70. The molecule has 0 radical (unpaired) electrons. The molecule has 78 valence electrons. The summed E-state index contributed by atoms with van der Waals surface area (Å²) < 4.78 is 1.83. The van der Waals surface area contributed by atoms with Crippen molar-refractivity contribution >= 4 is 11.6 Å². The van der Waals surface area contributed by atoms with Crippen LogP contribution in [-0.4, -0.2) is 14.8 Å². The highest BCUT2D eigenvalue weighted by molar-refractivity contribution is 6.28. The number of benzene rings is 1. The summed E-state index contributed by atoms with van der Waals surface area (Å²) in [4.78, 5) is 4.04. The third kappa shape index (κ3) is 2.57. The maximum Gasteiger partial charge on any atom is 0.242 e. The van der Waals surface area contributed by atoms with Crippen LogP contribution in [0.2, 0.25) is 5.28 Å². The standard InChI is InChI=1S/C11H12ClN3/c1-9-13-11(12)14-15(9)8-7-10-5-3-2-4-6-10/h2-6H,7-8H2,1H3. The molecular formula is C11H12ClN3. The van der Waals surface area contributed by atoms with Gasteiger partial charge < -0.3 is 0 Å². The minimum atomic E-state index is 0.320. The molecular weight excluding hydrogens is 210 g/mol. The third-order valence-corrected chi connectivity index (χ3v) is 2.45. The third-order valence-electron chi connectivity index (χ3n) is 2.29. The molecule has 0 aliphatic rings. The van der Waals surface area contributed by atoms with E-state index in [-0.39, 0.29) is 0 Å². The van der Waals surface area contributed by atoms with Gasteiger partial charge in [-0.25, -0.2) is 9.67 Å². The lowest BCUT2D eigenvalue weighted by Gasteiger charge is -2.02. The summed E-state index contributed by atoms with van der Waals surface area (Å²) in [6.07, 6.45) is 0.946. The lowest BCUT2D eigenvalue weighted by Crippen LogP contribution is -2.05. The average Bonchev–Trinajstić information content (AvgIpc) is 2.56. The smallest absolute Gasteiger partial charge is 0.242 e. The lowest BCUT2D eigenvalue weighted by atomic mass is 10.1. The Balaban J connectivity index is 2.02. The Morgan fingerprint density at radius 1 is 1.27 bits per heavy atom. The average molecular weight is 222 g/mol. The van der Waals surface area contributed by atoms with Gasteiger partial charge in [-0.05, 0) is 30.5 Å². The van der Waals surface area contributed by atoms with E-state index in [1.165, 1.54) is 5.56 Å². The van der Waals surface area contributed by atoms with Crippen LogP contribution >= 0.6 is 11.6 Å². The largest absolute Gasteiger partial charge is 0.248 e. The van der Waals surface area contributed by atoms with Crippen molar-refractivity contribution in [1.29, 1.82) is 0 Å². The molecule has 2 rings (SSSR count). The van der Waals surface area contributed by atoms with E-state index >= 15 is 0 Å². The first-order chi connectivity index (χ1) is 7.25. The highest BCUT2D eigenvalue weighted by Gasteiger charge is 2.03. The van der Waals surface area contributed by atoms with E-state index in [1.807, 2.05) is 29.8 Å². The number of aromatic nitrogens is 3. The van der Waals surface area contributed by atoms with Crippen LogP contribution in [0.4, 0.5) is 0 Å². The summed E-state index contributed by atoms with van der Waals surface area (Å²) in [5.41, 5.74) is 1.29. The van der Waals surface area contributed by atoms with Gasteiger partial charge in [0.15, 0.2) is 0 Å². The van der Waals surface area contributed by atoms with E-state index < -0.39 is 0 Å². The Bertz CT molecular complexity index is 436. The van der Waals surface area contributed by atoms with Gasteiger partial charge in [0.2, 0.25) is 5.28 Å². The highest BCUT2D eigenvalue weighted by Crippen LogP contribution is 2.05. The Kier molecular flexibility index (Phi) is 3.02. The van der Waals surface area contributed by atoms with Crippen LogP contribution < -0.4 is 0 Å². The summed E-state index contributed by atoms with van der Waals surface area (Å²) >= 11 is 5.70. The van der Waals surface area contributed by atoms with E-state index in [2.05, 4.69) is 22.2 Å². The number of halogens is 1. The van der Waals surface area contributed by atoms with Gasteiger partial charge in [0.25, 0.3) is 0 Å². The molecule has 0 atom stereocenters. The van der Waals surface area contributed by atoms with Crippen molar-refractivity contribution < 1.29 is 0 Å². The first-order valence-electron chi connectivity index (χ1n) is 4.86. The maximum atomic E-state index is 5.70. The highest BCUT2D eigenvalue weighted by atomic mass is 35.5. The fourth-order valence-electron chi connectivity index (χ4n) is 1.48. The summed E-state index contributed by atoms with van der Waals surface area (Å²) in [5.74, 6) is 0.857. The van der Waals surface area contributed by atoms with Crippen LogP contribution in [0.25, 0.3) is 0 Å². The fourth-order valence-corrected chi connectivity index (χ4v) is 1.69. The SMILES string of the molecule is Cc1nc(Cl)nn1CCc1ccccc1. The van der Waals surface area contributed by atoms with Crippen molar-refractivity contribution in [3.63, 3.8) is 0 Å². The van der Waals surface area contributed by atoms with Crippen LogP contribution in [0.15, 0.2) is 30.3 Å². The Morgan fingerprint density at radius 3 is 2.60 bits per heavy atom. The van der Waals surface area contributed by atoms with Crippen molar-refractivity contribution in [2.45, 2.75) is 19.9 Å². The molecule has 1 aromatic heterocycles. The molecule has 0 saturated carbocycles.